The number of hydrogen-bond acceptors (Lipinski definition) is 2. The molecule has 0 aromatic carbocycles. The summed E-state index contributed by atoms with van der Waals surface area (Å²) in [5.41, 5.74) is 0. The minimum atomic E-state index is 0.367. The Labute approximate surface area is 240 Å². The van der Waals surface area contributed by atoms with E-state index in [1.165, 1.54) is 167 Å². The van der Waals surface area contributed by atoms with E-state index in [0.717, 1.165) is 36.5 Å². The van der Waals surface area contributed by atoms with Crippen molar-refractivity contribution in [1.29, 1.82) is 0 Å². The van der Waals surface area contributed by atoms with Crippen LogP contribution in [0.25, 0.3) is 0 Å². The van der Waals surface area contributed by atoms with E-state index in [2.05, 4.69) is 13.8 Å². The second-order valence-electron chi connectivity index (χ2n) is 13.1. The average Bonchev–Trinajstić information content (AvgIpc) is 2.93. The molecular weight excluding hydrogens is 464 g/mol. The minimum absolute atomic E-state index is 0.367. The molecule has 38 heavy (non-hydrogen) atoms. The molecule has 0 bridgehead atoms. The van der Waals surface area contributed by atoms with Gasteiger partial charge in [-0.15, -0.1) is 0 Å². The third-order valence-corrected chi connectivity index (χ3v) is 9.92. The van der Waals surface area contributed by atoms with Crippen molar-refractivity contribution >= 4 is 0 Å². The van der Waals surface area contributed by atoms with Crippen LogP contribution in [0.3, 0.4) is 0 Å². The molecule has 0 saturated heterocycles. The van der Waals surface area contributed by atoms with E-state index in [1.54, 1.807) is 0 Å². The van der Waals surface area contributed by atoms with Gasteiger partial charge in [0.25, 0.3) is 0 Å². The Balaban J connectivity index is 2.64. The van der Waals surface area contributed by atoms with Crippen LogP contribution >= 0.6 is 0 Å². The molecule has 4 atom stereocenters. The Bertz CT molecular complexity index is 464. The highest BCUT2D eigenvalue weighted by molar-refractivity contribution is 4.88. The molecule has 0 spiro atoms. The van der Waals surface area contributed by atoms with Gasteiger partial charge >= 0.3 is 0 Å². The lowest BCUT2D eigenvalue weighted by Crippen LogP contribution is -2.35. The lowest BCUT2D eigenvalue weighted by molar-refractivity contribution is 0.0581. The van der Waals surface area contributed by atoms with E-state index in [-0.39, 0.29) is 0 Å². The van der Waals surface area contributed by atoms with Crippen molar-refractivity contribution in [3.05, 3.63) is 0 Å². The molecule has 1 rings (SSSR count). The summed E-state index contributed by atoms with van der Waals surface area (Å²) in [6.45, 7) is 5.44. The number of aliphatic hydroxyl groups excluding tert-OH is 2. The van der Waals surface area contributed by atoms with Crippen molar-refractivity contribution in [2.45, 2.75) is 194 Å². The van der Waals surface area contributed by atoms with E-state index in [1.807, 2.05) is 0 Å². The van der Waals surface area contributed by atoms with Crippen LogP contribution in [0.2, 0.25) is 0 Å². The van der Waals surface area contributed by atoms with E-state index in [4.69, 9.17) is 10.2 Å². The van der Waals surface area contributed by atoms with Crippen molar-refractivity contribution < 1.29 is 10.2 Å². The maximum Gasteiger partial charge on any atom is 0.0431 e. The van der Waals surface area contributed by atoms with Crippen molar-refractivity contribution in [3.63, 3.8) is 0 Å². The zero-order chi connectivity index (χ0) is 27.5. The van der Waals surface area contributed by atoms with Gasteiger partial charge in [0.05, 0.1) is 0 Å². The lowest BCUT2D eigenvalue weighted by Gasteiger charge is -2.44. The monoisotopic (exact) mass is 537 g/mol. The van der Waals surface area contributed by atoms with E-state index >= 15 is 0 Å². The summed E-state index contributed by atoms with van der Waals surface area (Å²) in [6.07, 6.45) is 38.9. The molecule has 4 unspecified atom stereocenters. The molecule has 1 fully saturated rings. The standard InChI is InChI=1S/C36H72O2/c1-3-5-7-14-21-27-35-33(25-19-6-4-2)29-30-34(26-20-15-10-8-12-17-23-31-37)36(35)28-22-16-11-9-13-18-24-32-38/h33-38H,3-32H2,1-2H3. The summed E-state index contributed by atoms with van der Waals surface area (Å²) < 4.78 is 0. The van der Waals surface area contributed by atoms with E-state index < -0.39 is 0 Å². The van der Waals surface area contributed by atoms with Crippen LogP contribution in [0.15, 0.2) is 0 Å². The normalized spacial score (nSPS) is 21.8. The third kappa shape index (κ3) is 18.3. The average molecular weight is 537 g/mol. The fraction of sp³-hybridized carbons (Fsp3) is 1.00. The summed E-state index contributed by atoms with van der Waals surface area (Å²) >= 11 is 0. The van der Waals surface area contributed by atoms with Crippen molar-refractivity contribution in [3.8, 4) is 0 Å². The van der Waals surface area contributed by atoms with Gasteiger partial charge in [0.2, 0.25) is 0 Å². The molecule has 1 aliphatic carbocycles. The van der Waals surface area contributed by atoms with Crippen LogP contribution in [0, 0.1) is 23.7 Å². The summed E-state index contributed by atoms with van der Waals surface area (Å²) in [6, 6.07) is 0. The van der Waals surface area contributed by atoms with Gasteiger partial charge in [-0.05, 0) is 62.2 Å². The predicted molar refractivity (Wildman–Crippen MR) is 169 cm³/mol. The number of aliphatic hydroxyl groups is 2. The Hall–Kier alpha value is -0.0800. The van der Waals surface area contributed by atoms with Gasteiger partial charge in [-0.2, -0.15) is 0 Å². The predicted octanol–water partition coefficient (Wildman–Crippen LogP) is 11.4. The second-order valence-corrected chi connectivity index (χ2v) is 13.1. The number of hydrogen-bond donors (Lipinski definition) is 2. The van der Waals surface area contributed by atoms with Gasteiger partial charge in [-0.3, -0.25) is 0 Å². The Morgan fingerprint density at radius 2 is 0.658 bits per heavy atom. The molecule has 0 aromatic rings. The topological polar surface area (TPSA) is 40.5 Å². The second kappa shape index (κ2) is 27.1. The highest BCUT2D eigenvalue weighted by Crippen LogP contribution is 2.47. The first-order chi connectivity index (χ1) is 18.8. The first-order valence-corrected chi connectivity index (χ1v) is 18.0. The van der Waals surface area contributed by atoms with Gasteiger partial charge in [-0.1, -0.05) is 155 Å². The Kier molecular flexibility index (Phi) is 25.6. The largest absolute Gasteiger partial charge is 0.396 e. The summed E-state index contributed by atoms with van der Waals surface area (Å²) in [5.74, 6) is 4.02. The molecule has 0 aliphatic heterocycles. The molecule has 228 valence electrons. The van der Waals surface area contributed by atoms with Gasteiger partial charge < -0.3 is 10.2 Å². The van der Waals surface area contributed by atoms with Gasteiger partial charge in [0, 0.05) is 13.2 Å². The van der Waals surface area contributed by atoms with Crippen LogP contribution in [0.4, 0.5) is 0 Å². The quantitative estimate of drug-likeness (QED) is 0.0976. The van der Waals surface area contributed by atoms with Crippen LogP contribution in [0.5, 0.6) is 0 Å². The lowest BCUT2D eigenvalue weighted by atomic mass is 9.61. The highest BCUT2D eigenvalue weighted by atomic mass is 16.3. The molecule has 2 heteroatoms. The van der Waals surface area contributed by atoms with Gasteiger partial charge in [0.1, 0.15) is 0 Å². The van der Waals surface area contributed by atoms with E-state index in [9.17, 15) is 0 Å². The minimum Gasteiger partial charge on any atom is -0.396 e. The highest BCUT2D eigenvalue weighted by Gasteiger charge is 2.37. The SMILES string of the molecule is CCCCCCCC1C(CCCCC)CCC(CCCCCCCCCO)C1CCCCCCCCCO. The molecule has 1 aliphatic rings. The number of unbranched alkanes of at least 4 members (excludes halogenated alkanes) is 18. The number of rotatable bonds is 28. The third-order valence-electron chi connectivity index (χ3n) is 9.92. The first kappa shape index (κ1) is 35.9. The van der Waals surface area contributed by atoms with Crippen molar-refractivity contribution in [2.75, 3.05) is 13.2 Å². The van der Waals surface area contributed by atoms with Crippen LogP contribution < -0.4 is 0 Å². The summed E-state index contributed by atoms with van der Waals surface area (Å²) in [5, 5.41) is 18.0. The Morgan fingerprint density at radius 1 is 0.368 bits per heavy atom. The van der Waals surface area contributed by atoms with Gasteiger partial charge in [0.15, 0.2) is 0 Å². The maximum absolute atomic E-state index is 9.02. The fourth-order valence-corrected chi connectivity index (χ4v) is 7.59. The van der Waals surface area contributed by atoms with Gasteiger partial charge in [-0.25, -0.2) is 0 Å². The Morgan fingerprint density at radius 3 is 1.05 bits per heavy atom. The maximum atomic E-state index is 9.02. The zero-order valence-corrected chi connectivity index (χ0v) is 26.4. The van der Waals surface area contributed by atoms with Crippen molar-refractivity contribution in [1.82, 2.24) is 0 Å². The van der Waals surface area contributed by atoms with Crippen LogP contribution in [0.1, 0.15) is 194 Å². The van der Waals surface area contributed by atoms with Crippen LogP contribution in [-0.4, -0.2) is 23.4 Å². The smallest absolute Gasteiger partial charge is 0.0431 e. The van der Waals surface area contributed by atoms with Crippen molar-refractivity contribution in [2.24, 2.45) is 23.7 Å². The fourth-order valence-electron chi connectivity index (χ4n) is 7.59. The first-order valence-electron chi connectivity index (χ1n) is 18.0. The van der Waals surface area contributed by atoms with Crippen LogP contribution in [-0.2, 0) is 0 Å². The molecule has 0 aromatic heterocycles. The molecule has 0 amide bonds. The molecule has 2 N–H and O–H groups in total. The molecule has 2 nitrogen and oxygen atoms in total. The summed E-state index contributed by atoms with van der Waals surface area (Å²) in [7, 11) is 0. The molecule has 1 saturated carbocycles. The molecule has 0 heterocycles. The molecular formula is C36H72O2. The van der Waals surface area contributed by atoms with E-state index in [0.29, 0.717) is 13.2 Å². The molecule has 0 radical (unpaired) electrons. The summed E-state index contributed by atoms with van der Waals surface area (Å²) in [4.78, 5) is 0. The zero-order valence-electron chi connectivity index (χ0n) is 26.4.